The molecule has 0 unspecified atom stereocenters. The lowest BCUT2D eigenvalue weighted by molar-refractivity contribution is -0.134. The second-order valence-electron chi connectivity index (χ2n) is 8.35. The summed E-state index contributed by atoms with van der Waals surface area (Å²) in [5.74, 6) is -0.432. The summed E-state index contributed by atoms with van der Waals surface area (Å²) >= 11 is 0. The normalized spacial score (nSPS) is 18.9. The van der Waals surface area contributed by atoms with Gasteiger partial charge in [-0.25, -0.2) is 9.69 Å². The number of cyclic esters (lactones) is 1. The highest BCUT2D eigenvalue weighted by molar-refractivity contribution is 5.95. The molecule has 30 heavy (non-hydrogen) atoms. The van der Waals surface area contributed by atoms with E-state index in [9.17, 15) is 9.59 Å². The average molecular weight is 406 g/mol. The number of carbonyl (C=O) groups excluding carboxylic acids is 2. The van der Waals surface area contributed by atoms with Crippen LogP contribution in [-0.2, 0) is 15.1 Å². The van der Waals surface area contributed by atoms with Crippen LogP contribution in [0.15, 0.2) is 73.3 Å². The van der Waals surface area contributed by atoms with E-state index in [1.165, 1.54) is 4.90 Å². The lowest BCUT2D eigenvalue weighted by atomic mass is 9.75. The van der Waals surface area contributed by atoms with E-state index in [0.717, 1.165) is 24.0 Å². The largest absolute Gasteiger partial charge is 0.430 e. The molecule has 0 aliphatic carbocycles. The summed E-state index contributed by atoms with van der Waals surface area (Å²) in [6.07, 6.45) is 3.72. The average Bonchev–Trinajstić information content (AvgIpc) is 3.08. The van der Waals surface area contributed by atoms with Crippen molar-refractivity contribution in [2.75, 3.05) is 0 Å². The minimum Gasteiger partial charge on any atom is -0.430 e. The van der Waals surface area contributed by atoms with Crippen molar-refractivity contribution in [3.63, 3.8) is 0 Å². The van der Waals surface area contributed by atoms with Crippen molar-refractivity contribution in [3.8, 4) is 0 Å². The van der Waals surface area contributed by atoms with E-state index in [-0.39, 0.29) is 17.7 Å². The van der Waals surface area contributed by atoms with Crippen molar-refractivity contribution < 1.29 is 14.3 Å². The first-order valence-corrected chi connectivity index (χ1v) is 10.7. The van der Waals surface area contributed by atoms with Crippen molar-refractivity contribution in [2.45, 2.75) is 51.7 Å². The second kappa shape index (κ2) is 9.29. The zero-order valence-corrected chi connectivity index (χ0v) is 18.1. The second-order valence-corrected chi connectivity index (χ2v) is 8.35. The summed E-state index contributed by atoms with van der Waals surface area (Å²) in [7, 11) is 0. The van der Waals surface area contributed by atoms with E-state index < -0.39 is 17.7 Å². The van der Waals surface area contributed by atoms with Gasteiger partial charge in [-0.3, -0.25) is 4.79 Å². The van der Waals surface area contributed by atoms with Crippen LogP contribution in [0.1, 0.15) is 51.2 Å². The fourth-order valence-corrected chi connectivity index (χ4v) is 4.46. The van der Waals surface area contributed by atoms with E-state index in [1.54, 1.807) is 0 Å². The van der Waals surface area contributed by atoms with E-state index in [4.69, 9.17) is 4.74 Å². The molecule has 1 heterocycles. The number of allylic oxidation sites excluding steroid dienone is 1. The van der Waals surface area contributed by atoms with Crippen molar-refractivity contribution in [2.24, 2.45) is 11.8 Å². The number of rotatable bonds is 8. The molecule has 0 N–H and O–H groups in total. The highest BCUT2D eigenvalue weighted by atomic mass is 16.6. The lowest BCUT2D eigenvalue weighted by Gasteiger charge is -2.38. The topological polar surface area (TPSA) is 46.6 Å². The third-order valence-electron chi connectivity index (χ3n) is 5.88. The summed E-state index contributed by atoms with van der Waals surface area (Å²) in [6.45, 7) is 9.71. The molecular weight excluding hydrogens is 374 g/mol. The molecule has 4 nitrogen and oxygen atoms in total. The first-order chi connectivity index (χ1) is 14.4. The molecule has 1 fully saturated rings. The summed E-state index contributed by atoms with van der Waals surface area (Å²) in [5.41, 5.74) is 0.709. The Morgan fingerprint density at radius 2 is 1.60 bits per heavy atom. The SMILES string of the molecule is C=CCCC[C@@H](C)C(=O)N1C(=O)OC(c2ccccc2)(c2ccccc2)[C@H]1C(C)C. The fraction of sp³-hybridized carbons (Fsp3) is 0.385. The van der Waals surface area contributed by atoms with E-state index in [2.05, 4.69) is 6.58 Å². The monoisotopic (exact) mass is 405 g/mol. The number of hydrogen-bond donors (Lipinski definition) is 0. The number of imide groups is 1. The Balaban J connectivity index is 2.09. The number of hydrogen-bond acceptors (Lipinski definition) is 3. The Kier molecular flexibility index (Phi) is 6.76. The van der Waals surface area contributed by atoms with Crippen LogP contribution in [0.25, 0.3) is 0 Å². The van der Waals surface area contributed by atoms with Gasteiger partial charge in [0, 0.05) is 17.0 Å². The van der Waals surface area contributed by atoms with E-state index in [0.29, 0.717) is 6.42 Å². The van der Waals surface area contributed by atoms with Gasteiger partial charge in [0.05, 0.1) is 6.04 Å². The van der Waals surface area contributed by atoms with Crippen LogP contribution >= 0.6 is 0 Å². The van der Waals surface area contributed by atoms with Gasteiger partial charge in [0.2, 0.25) is 5.91 Å². The van der Waals surface area contributed by atoms with Crippen LogP contribution in [0.5, 0.6) is 0 Å². The predicted octanol–water partition coefficient (Wildman–Crippen LogP) is 5.93. The molecule has 0 saturated carbocycles. The number of amides is 2. The van der Waals surface area contributed by atoms with Crippen molar-refractivity contribution in [1.82, 2.24) is 4.90 Å². The fourth-order valence-electron chi connectivity index (χ4n) is 4.46. The molecule has 2 atom stereocenters. The van der Waals surface area contributed by atoms with Gasteiger partial charge < -0.3 is 4.74 Å². The molecule has 1 aliphatic heterocycles. The van der Waals surface area contributed by atoms with Crippen LogP contribution in [-0.4, -0.2) is 22.9 Å². The smallest absolute Gasteiger partial charge is 0.418 e. The van der Waals surface area contributed by atoms with Gasteiger partial charge in [-0.05, 0) is 25.2 Å². The Morgan fingerprint density at radius 1 is 1.07 bits per heavy atom. The van der Waals surface area contributed by atoms with Crippen LogP contribution in [0.2, 0.25) is 0 Å². The summed E-state index contributed by atoms with van der Waals surface area (Å²) in [5, 5.41) is 0. The molecule has 4 heteroatoms. The zero-order valence-electron chi connectivity index (χ0n) is 18.1. The molecule has 0 spiro atoms. The van der Waals surface area contributed by atoms with Gasteiger partial charge in [0.15, 0.2) is 5.60 Å². The molecule has 2 aromatic carbocycles. The molecular formula is C26H31NO3. The Bertz CT molecular complexity index is 836. The van der Waals surface area contributed by atoms with Gasteiger partial charge >= 0.3 is 6.09 Å². The number of unbranched alkanes of at least 4 members (excludes halogenated alkanes) is 1. The molecule has 0 aromatic heterocycles. The predicted molar refractivity (Wildman–Crippen MR) is 119 cm³/mol. The van der Waals surface area contributed by atoms with E-state index in [1.807, 2.05) is 87.5 Å². The van der Waals surface area contributed by atoms with Gasteiger partial charge in [-0.2, -0.15) is 0 Å². The zero-order chi connectivity index (χ0) is 21.7. The maximum absolute atomic E-state index is 13.4. The van der Waals surface area contributed by atoms with E-state index >= 15 is 0 Å². The standard InChI is InChI=1S/C26H31NO3/c1-5-6-9-14-20(4)24(28)27-23(19(2)3)26(30-25(27)29,21-15-10-7-11-16-21)22-17-12-8-13-18-22/h5,7-8,10-13,15-20,23H,1,6,9,14H2,2-4H3/t20-,23-/m1/s1. The molecule has 1 aliphatic rings. The van der Waals surface area contributed by atoms with Crippen molar-refractivity contribution in [3.05, 3.63) is 84.4 Å². The number of carbonyl (C=O) groups is 2. The Labute approximate surface area is 179 Å². The summed E-state index contributed by atoms with van der Waals surface area (Å²) in [6, 6.07) is 19.1. The Morgan fingerprint density at radius 3 is 2.07 bits per heavy atom. The quantitative estimate of drug-likeness (QED) is 0.404. The molecule has 0 radical (unpaired) electrons. The van der Waals surface area contributed by atoms with Crippen LogP contribution in [0, 0.1) is 11.8 Å². The third kappa shape index (κ3) is 3.91. The first-order valence-electron chi connectivity index (χ1n) is 10.7. The minimum absolute atomic E-state index is 0.00110. The molecule has 1 saturated heterocycles. The van der Waals surface area contributed by atoms with Crippen molar-refractivity contribution in [1.29, 1.82) is 0 Å². The molecule has 2 aromatic rings. The van der Waals surface area contributed by atoms with Crippen molar-refractivity contribution >= 4 is 12.0 Å². The number of benzene rings is 2. The number of nitrogens with zero attached hydrogens (tertiary/aromatic N) is 1. The molecule has 2 amide bonds. The summed E-state index contributed by atoms with van der Waals surface area (Å²) < 4.78 is 6.15. The lowest BCUT2D eigenvalue weighted by Crippen LogP contribution is -2.51. The van der Waals surface area contributed by atoms with Gasteiger partial charge in [-0.15, -0.1) is 6.58 Å². The highest BCUT2D eigenvalue weighted by Gasteiger charge is 2.59. The molecule has 3 rings (SSSR count). The van der Waals surface area contributed by atoms with Crippen LogP contribution < -0.4 is 0 Å². The minimum atomic E-state index is -1.04. The third-order valence-corrected chi connectivity index (χ3v) is 5.88. The first kappa shape index (κ1) is 21.8. The van der Waals surface area contributed by atoms with Gasteiger partial charge in [-0.1, -0.05) is 87.5 Å². The maximum Gasteiger partial charge on any atom is 0.418 e. The molecule has 0 bridgehead atoms. The van der Waals surface area contributed by atoms with Crippen LogP contribution in [0.3, 0.4) is 0 Å². The van der Waals surface area contributed by atoms with Crippen LogP contribution in [0.4, 0.5) is 4.79 Å². The number of ether oxygens (including phenoxy) is 1. The van der Waals surface area contributed by atoms with Gasteiger partial charge in [0.1, 0.15) is 0 Å². The highest BCUT2D eigenvalue weighted by Crippen LogP contribution is 2.47. The van der Waals surface area contributed by atoms with Gasteiger partial charge in [0.25, 0.3) is 0 Å². The summed E-state index contributed by atoms with van der Waals surface area (Å²) in [4.78, 5) is 28.0. The Hall–Kier alpha value is -2.88. The molecule has 158 valence electrons. The maximum atomic E-state index is 13.4.